The molecular weight excluding hydrogens is 367 g/mol. The summed E-state index contributed by atoms with van der Waals surface area (Å²) < 4.78 is 12.1. The zero-order valence-corrected chi connectivity index (χ0v) is 14.9. The summed E-state index contributed by atoms with van der Waals surface area (Å²) in [5.41, 5.74) is 1.38. The number of hydrogen-bond acceptors (Lipinski definition) is 5. The molecule has 0 saturated heterocycles. The zero-order valence-electron chi connectivity index (χ0n) is 13.4. The van der Waals surface area contributed by atoms with Crippen LogP contribution in [-0.2, 0) is 6.73 Å². The van der Waals surface area contributed by atoms with E-state index in [9.17, 15) is 4.79 Å². The molecule has 0 aliphatic rings. The van der Waals surface area contributed by atoms with E-state index in [4.69, 9.17) is 32.5 Å². The van der Waals surface area contributed by atoms with Crippen molar-refractivity contribution in [3.63, 3.8) is 0 Å². The fourth-order valence-corrected chi connectivity index (χ4v) is 2.47. The Hall–Kier alpha value is -2.51. The topological polar surface area (TPSA) is 82.2 Å². The van der Waals surface area contributed by atoms with Crippen LogP contribution in [0.5, 0.6) is 5.75 Å². The third-order valence-electron chi connectivity index (χ3n) is 3.41. The number of nitrogens with one attached hydrogen (secondary N) is 1. The third kappa shape index (κ3) is 3.78. The van der Waals surface area contributed by atoms with Crippen molar-refractivity contribution in [3.8, 4) is 5.75 Å². The van der Waals surface area contributed by atoms with Gasteiger partial charge in [-0.05, 0) is 32.0 Å². The lowest BCUT2D eigenvalue weighted by molar-refractivity contribution is 0.102. The van der Waals surface area contributed by atoms with Crippen molar-refractivity contribution in [2.75, 3.05) is 5.32 Å². The Morgan fingerprint density at radius 2 is 2.12 bits per heavy atom. The van der Waals surface area contributed by atoms with Crippen LogP contribution < -0.4 is 10.1 Å². The van der Waals surface area contributed by atoms with Crippen molar-refractivity contribution in [1.82, 2.24) is 14.9 Å². The van der Waals surface area contributed by atoms with E-state index >= 15 is 0 Å². The molecule has 1 N–H and O–H groups in total. The van der Waals surface area contributed by atoms with Crippen LogP contribution in [-0.4, -0.2) is 20.8 Å². The van der Waals surface area contributed by atoms with E-state index < -0.39 is 0 Å². The Morgan fingerprint density at radius 1 is 1.32 bits per heavy atom. The zero-order chi connectivity index (χ0) is 18.0. The van der Waals surface area contributed by atoms with E-state index in [1.54, 1.807) is 44.3 Å². The largest absolute Gasteiger partial charge is 0.470 e. The normalized spacial score (nSPS) is 10.7. The second-order valence-electron chi connectivity index (χ2n) is 5.22. The van der Waals surface area contributed by atoms with Gasteiger partial charge in [0.1, 0.15) is 22.2 Å². The molecule has 25 heavy (non-hydrogen) atoms. The maximum atomic E-state index is 12.3. The number of halogens is 2. The molecular formula is C16H14Cl2N4O3. The number of amides is 1. The number of nitrogens with zero attached hydrogens (tertiary/aromatic N) is 3. The van der Waals surface area contributed by atoms with Crippen LogP contribution >= 0.6 is 23.2 Å². The van der Waals surface area contributed by atoms with Gasteiger partial charge in [0.15, 0.2) is 18.2 Å². The lowest BCUT2D eigenvalue weighted by Crippen LogP contribution is -2.15. The van der Waals surface area contributed by atoms with Gasteiger partial charge in [0.05, 0.1) is 5.02 Å². The van der Waals surface area contributed by atoms with E-state index in [0.717, 1.165) is 0 Å². The Labute approximate surface area is 153 Å². The molecule has 0 fully saturated rings. The van der Waals surface area contributed by atoms with Gasteiger partial charge in [-0.25, -0.2) is 4.68 Å². The molecule has 0 saturated carbocycles. The molecule has 0 atom stereocenters. The molecule has 3 rings (SSSR count). The average Bonchev–Trinajstić information content (AvgIpc) is 3.18. The number of hydrogen-bond donors (Lipinski definition) is 1. The molecule has 0 radical (unpaired) electrons. The highest BCUT2D eigenvalue weighted by Gasteiger charge is 2.16. The molecule has 0 spiro atoms. The Kier molecular flexibility index (Phi) is 4.96. The number of anilines is 1. The maximum Gasteiger partial charge on any atom is 0.276 e. The molecule has 1 aromatic carbocycles. The average molecular weight is 381 g/mol. The quantitative estimate of drug-likeness (QED) is 0.720. The number of aromatic nitrogens is 3. The van der Waals surface area contributed by atoms with E-state index in [-0.39, 0.29) is 18.3 Å². The maximum absolute atomic E-state index is 12.3. The summed E-state index contributed by atoms with van der Waals surface area (Å²) in [6.45, 7) is 3.54. The molecule has 130 valence electrons. The summed E-state index contributed by atoms with van der Waals surface area (Å²) in [4.78, 5) is 12.3. The lowest BCUT2D eigenvalue weighted by Gasteiger charge is -2.08. The van der Waals surface area contributed by atoms with Crippen molar-refractivity contribution in [3.05, 3.63) is 57.7 Å². The fourth-order valence-electron chi connectivity index (χ4n) is 2.12. The summed E-state index contributed by atoms with van der Waals surface area (Å²) >= 11 is 12.0. The van der Waals surface area contributed by atoms with Crippen LogP contribution in [0.4, 0.5) is 5.69 Å². The minimum absolute atomic E-state index is 0.0820. The van der Waals surface area contributed by atoms with Gasteiger partial charge < -0.3 is 14.6 Å². The van der Waals surface area contributed by atoms with Crippen LogP contribution in [0.3, 0.4) is 0 Å². The van der Waals surface area contributed by atoms with E-state index in [1.807, 2.05) is 0 Å². The van der Waals surface area contributed by atoms with Crippen LogP contribution in [0, 0.1) is 13.8 Å². The van der Waals surface area contributed by atoms with Gasteiger partial charge in [0.25, 0.3) is 5.91 Å². The summed E-state index contributed by atoms with van der Waals surface area (Å²) in [7, 11) is 0. The second kappa shape index (κ2) is 7.16. The number of aryl methyl sites for hydroxylation is 2. The molecule has 1 amide bonds. The molecule has 7 nitrogen and oxygen atoms in total. The van der Waals surface area contributed by atoms with E-state index in [0.29, 0.717) is 32.9 Å². The molecule has 0 unspecified atom stereocenters. The van der Waals surface area contributed by atoms with E-state index in [2.05, 4.69) is 15.6 Å². The van der Waals surface area contributed by atoms with Crippen LogP contribution in [0.25, 0.3) is 0 Å². The van der Waals surface area contributed by atoms with Crippen molar-refractivity contribution in [2.45, 2.75) is 20.6 Å². The van der Waals surface area contributed by atoms with Crippen molar-refractivity contribution in [1.29, 1.82) is 0 Å². The number of benzene rings is 1. The summed E-state index contributed by atoms with van der Waals surface area (Å²) in [5, 5.41) is 11.4. The van der Waals surface area contributed by atoms with Gasteiger partial charge in [-0.2, -0.15) is 5.10 Å². The predicted octanol–water partition coefficient (Wildman–Crippen LogP) is 4.08. The first-order chi connectivity index (χ1) is 12.0. The van der Waals surface area contributed by atoms with Crippen molar-refractivity contribution in [2.24, 2.45) is 0 Å². The SMILES string of the molecule is Cc1noc(C)c1NC(=O)c1ccn(COc2cccc(Cl)c2Cl)n1. The summed E-state index contributed by atoms with van der Waals surface area (Å²) in [6, 6.07) is 6.68. The Bertz CT molecular complexity index is 900. The van der Waals surface area contributed by atoms with Gasteiger partial charge in [0, 0.05) is 6.20 Å². The highest BCUT2D eigenvalue weighted by atomic mass is 35.5. The fraction of sp³-hybridized carbons (Fsp3) is 0.188. The smallest absolute Gasteiger partial charge is 0.276 e. The number of carbonyl (C=O) groups is 1. The van der Waals surface area contributed by atoms with Crippen LogP contribution in [0.2, 0.25) is 10.0 Å². The standard InChI is InChI=1S/C16H14Cl2N4O3/c1-9-15(10(2)25-21-9)19-16(23)12-6-7-22(20-12)8-24-13-5-3-4-11(17)14(13)18/h3-7H,8H2,1-2H3,(H,19,23). The number of rotatable bonds is 5. The van der Waals surface area contributed by atoms with Crippen molar-refractivity contribution >= 4 is 34.8 Å². The van der Waals surface area contributed by atoms with Gasteiger partial charge in [-0.15, -0.1) is 0 Å². The van der Waals surface area contributed by atoms with Gasteiger partial charge in [-0.1, -0.05) is 34.4 Å². The molecule has 2 aromatic heterocycles. The molecule has 2 heterocycles. The predicted molar refractivity (Wildman–Crippen MR) is 93.2 cm³/mol. The van der Waals surface area contributed by atoms with Crippen LogP contribution in [0.1, 0.15) is 21.9 Å². The molecule has 0 bridgehead atoms. The second-order valence-corrected chi connectivity index (χ2v) is 6.00. The first-order valence-electron chi connectivity index (χ1n) is 7.30. The monoisotopic (exact) mass is 380 g/mol. The van der Waals surface area contributed by atoms with Gasteiger partial charge in [0.2, 0.25) is 0 Å². The third-order valence-corrected chi connectivity index (χ3v) is 4.22. The molecule has 9 heteroatoms. The van der Waals surface area contributed by atoms with Crippen molar-refractivity contribution < 1.29 is 14.1 Å². The lowest BCUT2D eigenvalue weighted by atomic mass is 10.3. The minimum atomic E-state index is -0.367. The molecule has 0 aliphatic heterocycles. The first kappa shape index (κ1) is 17.3. The summed E-state index contributed by atoms with van der Waals surface area (Å²) in [5.74, 6) is 0.601. The van der Waals surface area contributed by atoms with Crippen LogP contribution in [0.15, 0.2) is 35.0 Å². The molecule has 3 aromatic rings. The number of ether oxygens (including phenoxy) is 1. The van der Waals surface area contributed by atoms with E-state index in [1.165, 1.54) is 4.68 Å². The van der Waals surface area contributed by atoms with Gasteiger partial charge >= 0.3 is 0 Å². The van der Waals surface area contributed by atoms with Gasteiger partial charge in [-0.3, -0.25) is 4.79 Å². The minimum Gasteiger partial charge on any atom is -0.470 e. The first-order valence-corrected chi connectivity index (χ1v) is 8.06. The molecule has 0 aliphatic carbocycles. The highest BCUT2D eigenvalue weighted by molar-refractivity contribution is 6.42. The Morgan fingerprint density at radius 3 is 2.84 bits per heavy atom. The summed E-state index contributed by atoms with van der Waals surface area (Å²) in [6.07, 6.45) is 1.63. The number of carbonyl (C=O) groups excluding carboxylic acids is 1. The Balaban J connectivity index is 1.66. The highest BCUT2D eigenvalue weighted by Crippen LogP contribution is 2.31.